The topological polar surface area (TPSA) is 85.6 Å². The Labute approximate surface area is 113 Å². The molecule has 0 aliphatic carbocycles. The van der Waals surface area contributed by atoms with Crippen LogP contribution in [0, 0.1) is 28.5 Å². The van der Waals surface area contributed by atoms with E-state index in [2.05, 4.69) is 5.32 Å². The van der Waals surface area contributed by atoms with Gasteiger partial charge in [-0.2, -0.15) is 10.5 Å². The molecular formula is C13H9FN4S. The molecule has 1 aromatic carbocycles. The molecule has 0 aliphatic heterocycles. The van der Waals surface area contributed by atoms with Gasteiger partial charge in [0.15, 0.2) is 0 Å². The molecule has 4 nitrogen and oxygen atoms in total. The van der Waals surface area contributed by atoms with Crippen LogP contribution in [0.2, 0.25) is 0 Å². The fourth-order valence-electron chi connectivity index (χ4n) is 1.58. The van der Waals surface area contributed by atoms with Crippen molar-refractivity contribution >= 4 is 22.0 Å². The van der Waals surface area contributed by atoms with E-state index in [-0.39, 0.29) is 28.5 Å². The van der Waals surface area contributed by atoms with Gasteiger partial charge < -0.3 is 11.1 Å². The molecule has 0 saturated heterocycles. The van der Waals surface area contributed by atoms with Gasteiger partial charge in [-0.25, -0.2) is 4.39 Å². The monoisotopic (exact) mass is 272 g/mol. The van der Waals surface area contributed by atoms with Crippen LogP contribution in [0.1, 0.15) is 16.0 Å². The third-order valence-electron chi connectivity index (χ3n) is 2.56. The number of nitrogens with one attached hydrogen (secondary N) is 1. The maximum Gasteiger partial charge on any atom is 0.131 e. The van der Waals surface area contributed by atoms with Crippen LogP contribution in [0.3, 0.4) is 0 Å². The Bertz CT molecular complexity index is 694. The second kappa shape index (κ2) is 5.38. The summed E-state index contributed by atoms with van der Waals surface area (Å²) in [6.07, 6.45) is 0. The van der Waals surface area contributed by atoms with Gasteiger partial charge in [-0.15, -0.1) is 11.3 Å². The first kappa shape index (κ1) is 12.9. The van der Waals surface area contributed by atoms with E-state index in [4.69, 9.17) is 16.3 Å². The van der Waals surface area contributed by atoms with Gasteiger partial charge in [-0.05, 0) is 6.07 Å². The SMILES string of the molecule is N#Cc1sc(NCc2ccccc2F)c(C#N)c1N. The van der Waals surface area contributed by atoms with Crippen molar-refractivity contribution in [2.45, 2.75) is 6.54 Å². The van der Waals surface area contributed by atoms with Gasteiger partial charge in [0.1, 0.15) is 33.4 Å². The van der Waals surface area contributed by atoms with Gasteiger partial charge in [-0.3, -0.25) is 0 Å². The molecular weight excluding hydrogens is 263 g/mol. The first-order valence-electron chi connectivity index (χ1n) is 5.37. The zero-order valence-corrected chi connectivity index (χ0v) is 10.6. The number of nitrogen functional groups attached to an aromatic ring is 1. The Balaban J connectivity index is 2.24. The number of hydrogen-bond acceptors (Lipinski definition) is 5. The fourth-order valence-corrected chi connectivity index (χ4v) is 2.44. The van der Waals surface area contributed by atoms with Gasteiger partial charge in [0.05, 0.1) is 5.69 Å². The minimum absolute atomic E-state index is 0.172. The molecule has 94 valence electrons. The van der Waals surface area contributed by atoms with E-state index in [1.807, 2.05) is 12.1 Å². The molecule has 1 aromatic heterocycles. The Morgan fingerprint density at radius 2 is 2.00 bits per heavy atom. The minimum atomic E-state index is -0.321. The molecule has 0 fully saturated rings. The highest BCUT2D eigenvalue weighted by molar-refractivity contribution is 7.17. The van der Waals surface area contributed by atoms with Crippen LogP contribution in [0.5, 0.6) is 0 Å². The molecule has 2 aromatic rings. The lowest BCUT2D eigenvalue weighted by Gasteiger charge is -2.05. The van der Waals surface area contributed by atoms with Crippen molar-refractivity contribution in [2.75, 3.05) is 11.1 Å². The van der Waals surface area contributed by atoms with Crippen LogP contribution in [-0.4, -0.2) is 0 Å². The van der Waals surface area contributed by atoms with Crippen molar-refractivity contribution in [1.29, 1.82) is 10.5 Å². The second-order valence-corrected chi connectivity index (χ2v) is 4.74. The summed E-state index contributed by atoms with van der Waals surface area (Å²) in [6.45, 7) is 0.228. The van der Waals surface area contributed by atoms with Gasteiger partial charge in [0.2, 0.25) is 0 Å². The molecule has 0 saturated carbocycles. The maximum atomic E-state index is 13.4. The number of nitrogens with two attached hydrogens (primary N) is 1. The minimum Gasteiger partial charge on any atom is -0.396 e. The molecule has 0 aliphatic rings. The van der Waals surface area contributed by atoms with Crippen LogP contribution in [-0.2, 0) is 6.54 Å². The van der Waals surface area contributed by atoms with Crippen LogP contribution >= 0.6 is 11.3 Å². The fraction of sp³-hybridized carbons (Fsp3) is 0.0769. The van der Waals surface area contributed by atoms with Crippen molar-refractivity contribution in [3.8, 4) is 12.1 Å². The molecule has 0 spiro atoms. The highest BCUT2D eigenvalue weighted by atomic mass is 32.1. The molecule has 0 amide bonds. The van der Waals surface area contributed by atoms with Gasteiger partial charge in [0.25, 0.3) is 0 Å². The summed E-state index contributed by atoms with van der Waals surface area (Å²) in [7, 11) is 0. The normalized spacial score (nSPS) is 9.63. The van der Waals surface area contributed by atoms with E-state index in [0.717, 1.165) is 11.3 Å². The summed E-state index contributed by atoms with van der Waals surface area (Å²) in [5, 5.41) is 21.3. The number of halogens is 1. The average molecular weight is 272 g/mol. The molecule has 19 heavy (non-hydrogen) atoms. The van der Waals surface area contributed by atoms with Crippen molar-refractivity contribution in [2.24, 2.45) is 0 Å². The van der Waals surface area contributed by atoms with E-state index in [1.165, 1.54) is 6.07 Å². The van der Waals surface area contributed by atoms with Crippen molar-refractivity contribution in [1.82, 2.24) is 0 Å². The Morgan fingerprint density at radius 3 is 2.63 bits per heavy atom. The first-order chi connectivity index (χ1) is 9.17. The Hall–Kier alpha value is -2.57. The first-order valence-corrected chi connectivity index (χ1v) is 6.18. The molecule has 0 unspecified atom stereocenters. The van der Waals surface area contributed by atoms with Gasteiger partial charge in [-0.1, -0.05) is 18.2 Å². The predicted molar refractivity (Wildman–Crippen MR) is 71.9 cm³/mol. The number of nitrogens with zero attached hydrogens (tertiary/aromatic N) is 2. The summed E-state index contributed by atoms with van der Waals surface area (Å²) in [5.74, 6) is -0.321. The standard InChI is InChI=1S/C13H9FN4S/c14-10-4-2-1-3-8(10)7-18-13-9(5-15)12(17)11(6-16)19-13/h1-4,18H,7,17H2. The summed E-state index contributed by atoms with van der Waals surface area (Å²) in [4.78, 5) is 0.285. The number of hydrogen-bond donors (Lipinski definition) is 2. The van der Waals surface area contributed by atoms with Crippen LogP contribution in [0.25, 0.3) is 0 Å². The molecule has 0 bridgehead atoms. The Morgan fingerprint density at radius 1 is 1.26 bits per heavy atom. The lowest BCUT2D eigenvalue weighted by atomic mass is 10.2. The van der Waals surface area contributed by atoms with E-state index in [9.17, 15) is 4.39 Å². The predicted octanol–water partition coefficient (Wildman–Crippen LogP) is 2.82. The number of nitriles is 2. The lowest BCUT2D eigenvalue weighted by Crippen LogP contribution is -2.01. The number of thiophene rings is 1. The van der Waals surface area contributed by atoms with Crippen LogP contribution < -0.4 is 11.1 Å². The highest BCUT2D eigenvalue weighted by Gasteiger charge is 2.15. The number of rotatable bonds is 3. The van der Waals surface area contributed by atoms with Crippen molar-refractivity contribution < 1.29 is 4.39 Å². The lowest BCUT2D eigenvalue weighted by molar-refractivity contribution is 0.613. The third-order valence-corrected chi connectivity index (χ3v) is 3.62. The molecule has 0 radical (unpaired) electrons. The quantitative estimate of drug-likeness (QED) is 0.899. The number of benzene rings is 1. The van der Waals surface area contributed by atoms with Crippen molar-refractivity contribution in [3.05, 3.63) is 46.1 Å². The third kappa shape index (κ3) is 2.49. The second-order valence-electron chi connectivity index (χ2n) is 3.72. The zero-order valence-electron chi connectivity index (χ0n) is 9.77. The Kier molecular flexibility index (Phi) is 3.65. The smallest absolute Gasteiger partial charge is 0.131 e. The summed E-state index contributed by atoms with van der Waals surface area (Å²) >= 11 is 1.09. The summed E-state index contributed by atoms with van der Waals surface area (Å²) in [5.41, 5.74) is 6.56. The van der Waals surface area contributed by atoms with Gasteiger partial charge in [0, 0.05) is 12.1 Å². The highest BCUT2D eigenvalue weighted by Crippen LogP contribution is 2.34. The summed E-state index contributed by atoms with van der Waals surface area (Å²) in [6, 6.07) is 10.2. The maximum absolute atomic E-state index is 13.4. The molecule has 3 N–H and O–H groups in total. The van der Waals surface area contributed by atoms with Crippen LogP contribution in [0.4, 0.5) is 15.1 Å². The zero-order chi connectivity index (χ0) is 13.8. The summed E-state index contributed by atoms with van der Waals surface area (Å²) < 4.78 is 13.4. The van der Waals surface area contributed by atoms with Crippen LogP contribution in [0.15, 0.2) is 24.3 Å². The van der Waals surface area contributed by atoms with E-state index in [1.54, 1.807) is 18.2 Å². The molecule has 2 rings (SSSR count). The molecule has 0 atom stereocenters. The van der Waals surface area contributed by atoms with Gasteiger partial charge >= 0.3 is 0 Å². The largest absolute Gasteiger partial charge is 0.396 e. The van der Waals surface area contributed by atoms with E-state index < -0.39 is 0 Å². The van der Waals surface area contributed by atoms with Crippen molar-refractivity contribution in [3.63, 3.8) is 0 Å². The molecule has 6 heteroatoms. The average Bonchev–Trinajstić information content (AvgIpc) is 2.73. The number of anilines is 2. The molecule has 1 heterocycles. The van der Waals surface area contributed by atoms with E-state index >= 15 is 0 Å². The van der Waals surface area contributed by atoms with E-state index in [0.29, 0.717) is 10.6 Å².